The van der Waals surface area contributed by atoms with E-state index in [0.29, 0.717) is 12.1 Å². The quantitative estimate of drug-likeness (QED) is 0.528. The van der Waals surface area contributed by atoms with Gasteiger partial charge >= 0.3 is 0 Å². The molecule has 3 aromatic rings. The summed E-state index contributed by atoms with van der Waals surface area (Å²) in [5, 5.41) is 0.762. The number of thiazole rings is 1. The molecule has 0 saturated carbocycles. The second-order valence-electron chi connectivity index (χ2n) is 6.64. The molecule has 0 atom stereocenters. The molecule has 0 unspecified atom stereocenters. The van der Waals surface area contributed by atoms with Gasteiger partial charge in [-0.15, -0.1) is 11.8 Å². The third-order valence-corrected chi connectivity index (χ3v) is 6.21. The first-order chi connectivity index (χ1) is 13.0. The predicted molar refractivity (Wildman–Crippen MR) is 117 cm³/mol. The fraction of sp³-hybridized carbons (Fsp3) is 0.333. The Morgan fingerprint density at radius 3 is 2.48 bits per heavy atom. The lowest BCUT2D eigenvalue weighted by Crippen LogP contribution is -2.36. The number of carbonyl (C=O) groups is 1. The molecule has 0 radical (unpaired) electrons. The number of hydrogen-bond donors (Lipinski definition) is 0. The van der Waals surface area contributed by atoms with Crippen molar-refractivity contribution >= 4 is 44.4 Å². The number of anilines is 1. The van der Waals surface area contributed by atoms with E-state index < -0.39 is 0 Å². The maximum atomic E-state index is 13.3. The van der Waals surface area contributed by atoms with Crippen molar-refractivity contribution < 1.29 is 4.79 Å². The summed E-state index contributed by atoms with van der Waals surface area (Å²) >= 11 is 3.35. The van der Waals surface area contributed by atoms with Crippen LogP contribution in [0.3, 0.4) is 0 Å². The zero-order valence-corrected chi connectivity index (χ0v) is 17.9. The van der Waals surface area contributed by atoms with Gasteiger partial charge in [-0.3, -0.25) is 9.69 Å². The first kappa shape index (κ1) is 19.9. The highest BCUT2D eigenvalue weighted by molar-refractivity contribution is 7.99. The molecule has 1 amide bonds. The van der Waals surface area contributed by atoms with Crippen LogP contribution in [-0.2, 0) is 0 Å². The minimum absolute atomic E-state index is 0.00149. The molecule has 0 saturated heterocycles. The molecule has 0 N–H and O–H groups in total. The van der Waals surface area contributed by atoms with Gasteiger partial charge in [0.1, 0.15) is 0 Å². The van der Waals surface area contributed by atoms with Gasteiger partial charge in [-0.1, -0.05) is 30.4 Å². The van der Waals surface area contributed by atoms with Crippen molar-refractivity contribution in [3.63, 3.8) is 0 Å². The fourth-order valence-electron chi connectivity index (χ4n) is 2.79. The number of fused-ring (bicyclic) bond motifs is 1. The summed E-state index contributed by atoms with van der Waals surface area (Å²) in [4.78, 5) is 23.1. The second-order valence-corrected chi connectivity index (χ2v) is 8.98. The van der Waals surface area contributed by atoms with E-state index in [2.05, 4.69) is 30.9 Å². The number of thioether (sulfide) groups is 1. The van der Waals surface area contributed by atoms with Gasteiger partial charge in [0.15, 0.2) is 5.13 Å². The van der Waals surface area contributed by atoms with Crippen LogP contribution in [0.15, 0.2) is 47.4 Å². The maximum absolute atomic E-state index is 13.3. The van der Waals surface area contributed by atoms with Gasteiger partial charge in [0.05, 0.1) is 10.2 Å². The van der Waals surface area contributed by atoms with Crippen LogP contribution in [0, 0.1) is 6.92 Å². The zero-order valence-electron chi connectivity index (χ0n) is 16.2. The van der Waals surface area contributed by atoms with E-state index >= 15 is 0 Å². The summed E-state index contributed by atoms with van der Waals surface area (Å²) in [5.41, 5.74) is 2.82. The molecule has 2 aromatic carbocycles. The molecule has 0 spiro atoms. The van der Waals surface area contributed by atoms with E-state index in [1.807, 2.05) is 49.3 Å². The number of amides is 1. The topological polar surface area (TPSA) is 36.4 Å². The number of aryl methyl sites for hydroxylation is 1. The number of benzene rings is 2. The predicted octanol–water partition coefficient (Wildman–Crippen LogP) is 4.93. The van der Waals surface area contributed by atoms with Crippen LogP contribution in [0.1, 0.15) is 22.8 Å². The summed E-state index contributed by atoms with van der Waals surface area (Å²) in [6.07, 6.45) is 0. The Kier molecular flexibility index (Phi) is 6.52. The van der Waals surface area contributed by atoms with Crippen molar-refractivity contribution in [2.45, 2.75) is 18.7 Å². The Labute approximate surface area is 169 Å². The van der Waals surface area contributed by atoms with Gasteiger partial charge in [-0.05, 0) is 62.7 Å². The van der Waals surface area contributed by atoms with E-state index in [-0.39, 0.29) is 5.91 Å². The number of para-hydroxylation sites is 1. The summed E-state index contributed by atoms with van der Waals surface area (Å²) in [5.74, 6) is 1.02. The Hall–Kier alpha value is -1.89. The Morgan fingerprint density at radius 2 is 1.85 bits per heavy atom. The van der Waals surface area contributed by atoms with Gasteiger partial charge in [0, 0.05) is 23.5 Å². The van der Waals surface area contributed by atoms with E-state index in [9.17, 15) is 4.79 Å². The number of nitrogens with zero attached hydrogens (tertiary/aromatic N) is 3. The largest absolute Gasteiger partial charge is 0.308 e. The van der Waals surface area contributed by atoms with E-state index in [1.165, 1.54) is 4.90 Å². The lowest BCUT2D eigenvalue weighted by atomic mass is 10.2. The monoisotopic (exact) mass is 399 g/mol. The van der Waals surface area contributed by atoms with Crippen LogP contribution >= 0.6 is 23.1 Å². The molecule has 1 heterocycles. The van der Waals surface area contributed by atoms with Crippen molar-refractivity contribution in [3.8, 4) is 0 Å². The molecule has 0 fully saturated rings. The molecule has 3 rings (SSSR count). The molecule has 0 bridgehead atoms. The van der Waals surface area contributed by atoms with Crippen molar-refractivity contribution in [1.82, 2.24) is 9.88 Å². The Morgan fingerprint density at radius 1 is 1.11 bits per heavy atom. The van der Waals surface area contributed by atoms with Gasteiger partial charge in [-0.2, -0.15) is 0 Å². The maximum Gasteiger partial charge on any atom is 0.260 e. The summed E-state index contributed by atoms with van der Waals surface area (Å²) in [6, 6.07) is 14.0. The highest BCUT2D eigenvalue weighted by Crippen LogP contribution is 2.31. The molecular weight excluding hydrogens is 374 g/mol. The standard InChI is InChI=1S/C21H25N3OS2/c1-5-26-17-11-9-16(10-12-17)20(25)24(14-13-23(3)4)21-22-19-15(2)7-6-8-18(19)27-21/h6-12H,5,13-14H2,1-4H3. The van der Waals surface area contributed by atoms with Crippen molar-refractivity contribution in [1.29, 1.82) is 0 Å². The molecule has 0 aliphatic heterocycles. The molecule has 142 valence electrons. The lowest BCUT2D eigenvalue weighted by molar-refractivity contribution is 0.0985. The number of hydrogen-bond acceptors (Lipinski definition) is 5. The van der Waals surface area contributed by atoms with Crippen LogP contribution in [0.4, 0.5) is 5.13 Å². The summed E-state index contributed by atoms with van der Waals surface area (Å²) in [7, 11) is 4.03. The molecule has 4 nitrogen and oxygen atoms in total. The molecule has 1 aromatic heterocycles. The third-order valence-electron chi connectivity index (χ3n) is 4.27. The Bertz CT molecular complexity index is 919. The fourth-order valence-corrected chi connectivity index (χ4v) is 4.52. The average Bonchev–Trinajstić information content (AvgIpc) is 3.08. The van der Waals surface area contributed by atoms with Crippen molar-refractivity contribution in [2.24, 2.45) is 0 Å². The molecule has 6 heteroatoms. The normalized spacial score (nSPS) is 11.3. The second kappa shape index (κ2) is 8.87. The first-order valence-corrected chi connectivity index (χ1v) is 10.9. The average molecular weight is 400 g/mol. The van der Waals surface area contributed by atoms with Gasteiger partial charge in [0.2, 0.25) is 0 Å². The SMILES string of the molecule is CCSc1ccc(C(=O)N(CCN(C)C)c2nc3c(C)cccc3s2)cc1. The summed E-state index contributed by atoms with van der Waals surface area (Å²) in [6.45, 7) is 5.57. The van der Waals surface area contributed by atoms with Crippen LogP contribution < -0.4 is 4.90 Å². The van der Waals surface area contributed by atoms with Crippen LogP contribution in [0.25, 0.3) is 10.2 Å². The van der Waals surface area contributed by atoms with Crippen molar-refractivity contribution in [2.75, 3.05) is 37.8 Å². The number of likely N-dealkylation sites (N-methyl/N-ethyl adjacent to an activating group) is 1. The minimum Gasteiger partial charge on any atom is -0.308 e. The van der Waals surface area contributed by atoms with Crippen LogP contribution in [0.2, 0.25) is 0 Å². The minimum atomic E-state index is 0.00149. The number of rotatable bonds is 7. The van der Waals surface area contributed by atoms with Crippen molar-refractivity contribution in [3.05, 3.63) is 53.6 Å². The van der Waals surface area contributed by atoms with Gasteiger partial charge in [0.25, 0.3) is 5.91 Å². The Balaban J connectivity index is 1.93. The van der Waals surface area contributed by atoms with E-state index in [4.69, 9.17) is 4.98 Å². The summed E-state index contributed by atoms with van der Waals surface area (Å²) < 4.78 is 1.11. The van der Waals surface area contributed by atoms with Gasteiger partial charge in [-0.25, -0.2) is 4.98 Å². The zero-order chi connectivity index (χ0) is 19.4. The molecular formula is C21H25N3OS2. The van der Waals surface area contributed by atoms with Gasteiger partial charge < -0.3 is 4.90 Å². The van der Waals surface area contributed by atoms with Crippen LogP contribution in [-0.4, -0.2) is 48.7 Å². The highest BCUT2D eigenvalue weighted by atomic mass is 32.2. The van der Waals surface area contributed by atoms with Crippen LogP contribution in [0.5, 0.6) is 0 Å². The number of carbonyl (C=O) groups excluding carboxylic acids is 1. The van der Waals surface area contributed by atoms with E-state index in [0.717, 1.165) is 33.2 Å². The first-order valence-electron chi connectivity index (χ1n) is 9.05. The molecule has 0 aliphatic carbocycles. The molecule has 0 aliphatic rings. The number of aromatic nitrogens is 1. The molecule has 27 heavy (non-hydrogen) atoms. The lowest BCUT2D eigenvalue weighted by Gasteiger charge is -2.22. The smallest absolute Gasteiger partial charge is 0.260 e. The highest BCUT2D eigenvalue weighted by Gasteiger charge is 2.21. The third kappa shape index (κ3) is 4.69. The van der Waals surface area contributed by atoms with E-state index in [1.54, 1.807) is 23.1 Å².